The number of carbonyl (C=O) groups excluding carboxylic acids is 2. The molecule has 9 heteroatoms. The summed E-state index contributed by atoms with van der Waals surface area (Å²) < 4.78 is 29.3. The van der Waals surface area contributed by atoms with Crippen LogP contribution in [0.15, 0.2) is 30.3 Å². The summed E-state index contributed by atoms with van der Waals surface area (Å²) >= 11 is 1.03. The highest BCUT2D eigenvalue weighted by atomic mass is 127. The number of hydrogen-bond donors (Lipinski definition) is 2. The largest absolute Gasteiger partial charge is 0.496 e. The second-order valence-corrected chi connectivity index (χ2v) is 7.13. The molecular formula is C18H18F2IN3O3. The first-order chi connectivity index (χ1) is 12.6. The molecule has 0 bridgehead atoms. The zero-order valence-corrected chi connectivity index (χ0v) is 17.1. The highest BCUT2D eigenvalue weighted by Gasteiger charge is 2.31. The molecule has 1 aromatic heterocycles. The van der Waals surface area contributed by atoms with Crippen molar-refractivity contribution in [3.05, 3.63) is 52.7 Å². The van der Waals surface area contributed by atoms with E-state index in [2.05, 4.69) is 15.6 Å². The Labute approximate surface area is 168 Å². The predicted octanol–water partition coefficient (Wildman–Crippen LogP) is 3.77. The van der Waals surface area contributed by atoms with Gasteiger partial charge in [0.15, 0.2) is 0 Å². The van der Waals surface area contributed by atoms with Gasteiger partial charge >= 0.3 is 3.93 Å². The summed E-state index contributed by atoms with van der Waals surface area (Å²) in [5, 5.41) is 5.19. The molecule has 2 aromatic rings. The predicted molar refractivity (Wildman–Crippen MR) is 105 cm³/mol. The van der Waals surface area contributed by atoms with E-state index < -0.39 is 9.84 Å². The first-order valence-electron chi connectivity index (χ1n) is 7.88. The van der Waals surface area contributed by atoms with Gasteiger partial charge in [-0.25, -0.2) is 4.98 Å². The van der Waals surface area contributed by atoms with Crippen LogP contribution in [-0.4, -0.2) is 23.9 Å². The number of aromatic nitrogens is 1. The normalized spacial score (nSPS) is 11.0. The van der Waals surface area contributed by atoms with Gasteiger partial charge in [0.25, 0.3) is 5.91 Å². The smallest absolute Gasteiger partial charge is 0.325 e. The zero-order valence-electron chi connectivity index (χ0n) is 14.9. The van der Waals surface area contributed by atoms with E-state index in [9.17, 15) is 18.4 Å². The molecular weight excluding hydrogens is 471 g/mol. The zero-order chi connectivity index (χ0) is 20.2. The maximum absolute atomic E-state index is 13.7. The van der Waals surface area contributed by atoms with Crippen molar-refractivity contribution in [3.8, 4) is 5.75 Å². The molecule has 0 spiro atoms. The molecule has 0 radical (unpaired) electrons. The number of alkyl halides is 3. The third-order valence-corrected chi connectivity index (χ3v) is 4.12. The molecule has 27 heavy (non-hydrogen) atoms. The summed E-state index contributed by atoms with van der Waals surface area (Å²) in [7, 11) is 1.32. The van der Waals surface area contributed by atoms with Crippen LogP contribution in [0.4, 0.5) is 14.6 Å². The molecule has 1 heterocycles. The molecule has 0 fully saturated rings. The number of aryl methyl sites for hydroxylation is 1. The number of anilines is 1. The molecule has 2 amide bonds. The van der Waals surface area contributed by atoms with E-state index in [1.807, 2.05) is 0 Å². The number of amides is 2. The fraction of sp³-hybridized carbons (Fsp3) is 0.278. The third kappa shape index (κ3) is 5.84. The van der Waals surface area contributed by atoms with Gasteiger partial charge in [0, 0.05) is 47.3 Å². The summed E-state index contributed by atoms with van der Waals surface area (Å²) in [5.74, 6) is -0.367. The molecule has 2 N–H and O–H groups in total. The van der Waals surface area contributed by atoms with Crippen LogP contribution in [0.5, 0.6) is 5.75 Å². The van der Waals surface area contributed by atoms with Crippen LogP contribution in [0, 0.1) is 6.92 Å². The number of rotatable bonds is 6. The lowest BCUT2D eigenvalue weighted by atomic mass is 10.1. The number of pyridine rings is 1. The van der Waals surface area contributed by atoms with Crippen molar-refractivity contribution in [2.24, 2.45) is 0 Å². The van der Waals surface area contributed by atoms with Gasteiger partial charge in [-0.3, -0.25) is 9.59 Å². The fourth-order valence-corrected chi connectivity index (χ4v) is 2.84. The van der Waals surface area contributed by atoms with Gasteiger partial charge in [0.1, 0.15) is 11.6 Å². The lowest BCUT2D eigenvalue weighted by Gasteiger charge is -2.15. The summed E-state index contributed by atoms with van der Waals surface area (Å²) in [6.45, 7) is 3.09. The SMILES string of the molecule is COc1ccc(CNC(=O)c2cc(C)nc(NC(C)=O)c2)cc1C(F)(F)I. The Morgan fingerprint density at radius 2 is 1.96 bits per heavy atom. The number of ether oxygens (including phenoxy) is 1. The van der Waals surface area contributed by atoms with Crippen molar-refractivity contribution in [1.82, 2.24) is 10.3 Å². The number of halogens is 3. The number of carbonyl (C=O) groups is 2. The van der Waals surface area contributed by atoms with Gasteiger partial charge in [-0.05, 0) is 36.8 Å². The van der Waals surface area contributed by atoms with E-state index in [0.29, 0.717) is 16.8 Å². The van der Waals surface area contributed by atoms with Gasteiger partial charge in [-0.15, -0.1) is 0 Å². The Balaban J connectivity index is 2.16. The molecule has 1 aromatic carbocycles. The summed E-state index contributed by atoms with van der Waals surface area (Å²) in [5.41, 5.74) is 1.11. The first-order valence-corrected chi connectivity index (χ1v) is 8.96. The average molecular weight is 489 g/mol. The van der Waals surface area contributed by atoms with Crippen LogP contribution in [0.25, 0.3) is 0 Å². The van der Waals surface area contributed by atoms with E-state index in [1.54, 1.807) is 19.1 Å². The number of hydrogen-bond acceptors (Lipinski definition) is 4. The van der Waals surface area contributed by atoms with Crippen LogP contribution < -0.4 is 15.4 Å². The standard InChI is InChI=1S/C18H18F2IN3O3/c1-10-6-13(8-16(23-10)24-11(2)25)17(26)22-9-12-4-5-15(27-3)14(7-12)18(19,20)21/h4-8H,9H2,1-3H3,(H,22,26)(H,23,24,25). The van der Waals surface area contributed by atoms with E-state index in [-0.39, 0.29) is 29.6 Å². The summed E-state index contributed by atoms with van der Waals surface area (Å²) in [4.78, 5) is 27.7. The Morgan fingerprint density at radius 3 is 2.56 bits per heavy atom. The lowest BCUT2D eigenvalue weighted by molar-refractivity contribution is -0.114. The summed E-state index contributed by atoms with van der Waals surface area (Å²) in [6.07, 6.45) is 0. The molecule has 0 aliphatic heterocycles. The molecule has 0 saturated carbocycles. The van der Waals surface area contributed by atoms with Crippen molar-refractivity contribution in [1.29, 1.82) is 0 Å². The van der Waals surface area contributed by atoms with Crippen molar-refractivity contribution in [3.63, 3.8) is 0 Å². The van der Waals surface area contributed by atoms with Crippen molar-refractivity contribution >= 4 is 40.2 Å². The lowest BCUT2D eigenvalue weighted by Crippen LogP contribution is -2.23. The quantitative estimate of drug-likeness (QED) is 0.479. The second kappa shape index (κ2) is 8.59. The van der Waals surface area contributed by atoms with Gasteiger partial charge in [0.2, 0.25) is 5.91 Å². The van der Waals surface area contributed by atoms with Crippen LogP contribution in [0.2, 0.25) is 0 Å². The maximum Gasteiger partial charge on any atom is 0.325 e. The maximum atomic E-state index is 13.7. The van der Waals surface area contributed by atoms with Crippen molar-refractivity contribution in [2.45, 2.75) is 24.3 Å². The molecule has 6 nitrogen and oxygen atoms in total. The molecule has 144 valence electrons. The van der Waals surface area contributed by atoms with Crippen molar-refractivity contribution in [2.75, 3.05) is 12.4 Å². The third-order valence-electron chi connectivity index (χ3n) is 3.54. The molecule has 2 rings (SSSR count). The molecule has 0 saturated heterocycles. The van der Waals surface area contributed by atoms with E-state index in [4.69, 9.17) is 4.74 Å². The number of methoxy groups -OCH3 is 1. The van der Waals surface area contributed by atoms with E-state index in [0.717, 1.165) is 22.6 Å². The van der Waals surface area contributed by atoms with Gasteiger partial charge in [0.05, 0.1) is 12.7 Å². The van der Waals surface area contributed by atoms with Crippen LogP contribution in [-0.2, 0) is 15.3 Å². The molecule has 0 atom stereocenters. The minimum Gasteiger partial charge on any atom is -0.496 e. The number of nitrogens with zero attached hydrogens (tertiary/aromatic N) is 1. The van der Waals surface area contributed by atoms with E-state index in [1.165, 1.54) is 32.2 Å². The highest BCUT2D eigenvalue weighted by molar-refractivity contribution is 14.1. The molecule has 0 aliphatic rings. The highest BCUT2D eigenvalue weighted by Crippen LogP contribution is 2.40. The Morgan fingerprint density at radius 1 is 1.26 bits per heavy atom. The number of nitrogens with one attached hydrogen (secondary N) is 2. The monoisotopic (exact) mass is 489 g/mol. The fourth-order valence-electron chi connectivity index (χ4n) is 2.42. The number of benzene rings is 1. The molecule has 0 aliphatic carbocycles. The van der Waals surface area contributed by atoms with Gasteiger partial charge in [-0.1, -0.05) is 6.07 Å². The average Bonchev–Trinajstić information content (AvgIpc) is 2.57. The molecule has 0 unspecified atom stereocenters. The van der Waals surface area contributed by atoms with Crippen LogP contribution in [0.1, 0.15) is 34.1 Å². The Kier molecular flexibility index (Phi) is 6.68. The Hall–Kier alpha value is -2.30. The minimum atomic E-state index is -3.10. The van der Waals surface area contributed by atoms with E-state index >= 15 is 0 Å². The van der Waals surface area contributed by atoms with Crippen LogP contribution >= 0.6 is 22.6 Å². The van der Waals surface area contributed by atoms with Crippen LogP contribution in [0.3, 0.4) is 0 Å². The summed E-state index contributed by atoms with van der Waals surface area (Å²) in [6, 6.07) is 7.35. The Bertz CT molecular complexity index is 869. The first kappa shape index (κ1) is 21.0. The van der Waals surface area contributed by atoms with Crippen molar-refractivity contribution < 1.29 is 23.1 Å². The van der Waals surface area contributed by atoms with Gasteiger partial charge < -0.3 is 15.4 Å². The van der Waals surface area contributed by atoms with Gasteiger partial charge in [-0.2, -0.15) is 8.78 Å². The second-order valence-electron chi connectivity index (χ2n) is 5.78. The topological polar surface area (TPSA) is 80.3 Å². The minimum absolute atomic E-state index is 0.0549.